The Morgan fingerprint density at radius 2 is 2.30 bits per heavy atom. The van der Waals surface area contributed by atoms with Gasteiger partial charge in [0, 0.05) is 18.6 Å². The largest absolute Gasteiger partial charge is 0.365 e. The highest BCUT2D eigenvalue weighted by Crippen LogP contribution is 2.23. The van der Waals surface area contributed by atoms with Crippen LogP contribution < -0.4 is 10.8 Å². The van der Waals surface area contributed by atoms with Gasteiger partial charge in [-0.05, 0) is 50.9 Å². The van der Waals surface area contributed by atoms with Crippen molar-refractivity contribution in [2.75, 3.05) is 23.9 Å². The summed E-state index contributed by atoms with van der Waals surface area (Å²) in [6, 6.07) is 4.05. The van der Waals surface area contributed by atoms with E-state index in [1.54, 1.807) is 0 Å². The van der Waals surface area contributed by atoms with Crippen molar-refractivity contribution in [3.8, 4) is 6.19 Å². The van der Waals surface area contributed by atoms with Gasteiger partial charge in [0.25, 0.3) is 0 Å². The second kappa shape index (κ2) is 9.40. The number of amidine groups is 1. The van der Waals surface area contributed by atoms with Gasteiger partial charge in [0.2, 0.25) is 12.0 Å². The van der Waals surface area contributed by atoms with Crippen molar-refractivity contribution in [3.05, 3.63) is 34.2 Å². The normalized spacial score (nSPS) is 13.5. The maximum atomic E-state index is 13.3. The second-order valence-electron chi connectivity index (χ2n) is 5.27. The van der Waals surface area contributed by atoms with Crippen LogP contribution in [0, 0.1) is 17.3 Å². The van der Waals surface area contributed by atoms with Crippen LogP contribution in [0.2, 0.25) is 0 Å². The molecule has 0 spiro atoms. The summed E-state index contributed by atoms with van der Waals surface area (Å²) in [4.78, 5) is 4.13. The van der Waals surface area contributed by atoms with Gasteiger partial charge in [-0.25, -0.2) is 18.2 Å². The number of hydrogen-bond donors (Lipinski definition) is 3. The first-order chi connectivity index (χ1) is 12.9. The smallest absolute Gasteiger partial charge is 0.214 e. The van der Waals surface area contributed by atoms with Gasteiger partial charge in [-0.15, -0.1) is 4.36 Å². The highest BCUT2D eigenvalue weighted by Gasteiger charge is 2.16. The van der Waals surface area contributed by atoms with Crippen LogP contribution in [-0.2, 0) is 9.73 Å². The van der Waals surface area contributed by atoms with Crippen LogP contribution in [0.15, 0.2) is 36.7 Å². The van der Waals surface area contributed by atoms with E-state index in [2.05, 4.69) is 45.5 Å². The molecule has 3 N–H and O–H groups in total. The lowest BCUT2D eigenvalue weighted by Crippen LogP contribution is -2.22. The average molecular weight is 460 g/mol. The van der Waals surface area contributed by atoms with Crippen LogP contribution >= 0.6 is 15.9 Å². The number of aromatic nitrogens is 2. The fourth-order valence-electron chi connectivity index (χ4n) is 1.95. The molecule has 1 aromatic heterocycles. The number of rotatable bonds is 7. The monoisotopic (exact) mass is 459 g/mol. The number of anilines is 1. The molecule has 1 unspecified atom stereocenters. The maximum absolute atomic E-state index is 13.3. The molecule has 1 atom stereocenters. The number of nitrogens with one attached hydrogen (secondary N) is 2. The molecule has 0 fully saturated rings. The molecule has 0 saturated carbocycles. The minimum atomic E-state index is -2.55. The molecule has 2 rings (SSSR count). The highest BCUT2D eigenvalue weighted by atomic mass is 79.9. The minimum Gasteiger partial charge on any atom is -0.365 e. The molecule has 0 aliphatic rings. The van der Waals surface area contributed by atoms with Crippen molar-refractivity contribution in [2.45, 2.75) is 6.42 Å². The fraction of sp³-hybridized carbons (Fsp3) is 0.286. The summed E-state index contributed by atoms with van der Waals surface area (Å²) >= 11 is 3.05. The zero-order chi connectivity index (χ0) is 19.9. The summed E-state index contributed by atoms with van der Waals surface area (Å²) in [7, 11) is -2.55. The standard InChI is InChI=1S/C14H15BrFN7O3S/c1-27(25,19-8-17)6-2-5-18-13-12(22-26-23-13)14(21-24)20-9-3-4-11(16)10(15)7-9/h3-4,7,24H,2,5-6H2,1H3,(H,18,23)(H,20,21). The SMILES string of the molecule is CS(=O)(CCCNc1nonc1C(=Nc1ccc(F)c(Br)c1)NO)=NC#N. The number of benzene rings is 1. The first-order valence-electron chi connectivity index (χ1n) is 7.45. The van der Waals surface area contributed by atoms with Crippen molar-refractivity contribution in [1.82, 2.24) is 15.8 Å². The Balaban J connectivity index is 2.10. The van der Waals surface area contributed by atoms with E-state index < -0.39 is 15.5 Å². The predicted octanol–water partition coefficient (Wildman–Crippen LogP) is 2.41. The third-order valence-corrected chi connectivity index (χ3v) is 5.31. The summed E-state index contributed by atoms with van der Waals surface area (Å²) in [5.74, 6) is -0.113. The summed E-state index contributed by atoms with van der Waals surface area (Å²) in [5, 5.41) is 28.1. The minimum absolute atomic E-state index is 0.0731. The lowest BCUT2D eigenvalue weighted by molar-refractivity contribution is 0.234. The number of halogens is 2. The third-order valence-electron chi connectivity index (χ3n) is 3.19. The van der Waals surface area contributed by atoms with Gasteiger partial charge in [0.1, 0.15) is 5.82 Å². The van der Waals surface area contributed by atoms with E-state index in [0.29, 0.717) is 18.7 Å². The van der Waals surface area contributed by atoms with Crippen molar-refractivity contribution < 1.29 is 18.4 Å². The Hall–Kier alpha value is -2.56. The lowest BCUT2D eigenvalue weighted by atomic mass is 10.3. The van der Waals surface area contributed by atoms with Crippen molar-refractivity contribution in [2.24, 2.45) is 9.36 Å². The Bertz CT molecular complexity index is 995. The van der Waals surface area contributed by atoms with E-state index in [4.69, 9.17) is 5.26 Å². The van der Waals surface area contributed by atoms with Crippen LogP contribution in [-0.4, -0.2) is 44.1 Å². The summed E-state index contributed by atoms with van der Waals surface area (Å²) in [6.45, 7) is 0.341. The molecule has 144 valence electrons. The van der Waals surface area contributed by atoms with E-state index in [1.807, 2.05) is 5.48 Å². The summed E-state index contributed by atoms with van der Waals surface area (Å²) in [6.07, 6.45) is 3.38. The van der Waals surface area contributed by atoms with Crippen LogP contribution in [0.25, 0.3) is 0 Å². The molecule has 0 aliphatic carbocycles. The van der Waals surface area contributed by atoms with E-state index in [0.717, 1.165) is 0 Å². The maximum Gasteiger partial charge on any atom is 0.214 e. The van der Waals surface area contributed by atoms with E-state index in [-0.39, 0.29) is 27.6 Å². The number of nitrogens with zero attached hydrogens (tertiary/aromatic N) is 5. The Morgan fingerprint density at radius 3 is 2.96 bits per heavy atom. The van der Waals surface area contributed by atoms with Gasteiger partial charge in [0.15, 0.2) is 11.5 Å². The lowest BCUT2D eigenvalue weighted by Gasteiger charge is -2.06. The zero-order valence-electron chi connectivity index (χ0n) is 14.0. The average Bonchev–Trinajstić information content (AvgIpc) is 3.08. The molecule has 1 heterocycles. The van der Waals surface area contributed by atoms with Crippen LogP contribution in [0.4, 0.5) is 15.9 Å². The highest BCUT2D eigenvalue weighted by molar-refractivity contribution is 9.10. The topological polar surface area (TPSA) is 149 Å². The van der Waals surface area contributed by atoms with Crippen LogP contribution in [0.5, 0.6) is 0 Å². The molecule has 0 amide bonds. The Morgan fingerprint density at radius 1 is 1.52 bits per heavy atom. The molecule has 0 saturated heterocycles. The van der Waals surface area contributed by atoms with Gasteiger partial charge in [-0.2, -0.15) is 5.26 Å². The molecule has 2 aromatic rings. The summed E-state index contributed by atoms with van der Waals surface area (Å²) < 4.78 is 33.4. The van der Waals surface area contributed by atoms with Crippen LogP contribution in [0.1, 0.15) is 12.1 Å². The third kappa shape index (κ3) is 5.98. The summed E-state index contributed by atoms with van der Waals surface area (Å²) in [5.41, 5.74) is 2.34. The molecule has 13 heteroatoms. The molecule has 0 aliphatic heterocycles. The number of hydroxylamine groups is 1. The van der Waals surface area contributed by atoms with Crippen molar-refractivity contribution in [3.63, 3.8) is 0 Å². The first kappa shape index (κ1) is 20.7. The Labute approximate surface area is 162 Å². The van der Waals surface area contributed by atoms with E-state index in [9.17, 15) is 13.8 Å². The number of aliphatic imine (C=N–C) groups is 1. The van der Waals surface area contributed by atoms with Gasteiger partial charge in [-0.3, -0.25) is 10.7 Å². The van der Waals surface area contributed by atoms with Gasteiger partial charge < -0.3 is 5.32 Å². The predicted molar refractivity (Wildman–Crippen MR) is 99.6 cm³/mol. The molecular formula is C14H15BrFN7O3S. The molecule has 10 nitrogen and oxygen atoms in total. The van der Waals surface area contributed by atoms with Gasteiger partial charge in [0.05, 0.1) is 19.9 Å². The van der Waals surface area contributed by atoms with E-state index in [1.165, 1.54) is 30.6 Å². The second-order valence-corrected chi connectivity index (χ2v) is 8.63. The quantitative estimate of drug-likeness (QED) is 0.188. The number of hydrogen-bond acceptors (Lipinski definition) is 9. The van der Waals surface area contributed by atoms with Crippen molar-refractivity contribution in [1.29, 1.82) is 5.26 Å². The van der Waals surface area contributed by atoms with Gasteiger partial charge in [-0.1, -0.05) is 0 Å². The first-order valence-corrected chi connectivity index (χ1v) is 10.3. The Kier molecular flexibility index (Phi) is 7.22. The molecule has 0 bridgehead atoms. The van der Waals surface area contributed by atoms with Gasteiger partial charge >= 0.3 is 0 Å². The molecular weight excluding hydrogens is 445 g/mol. The molecule has 0 radical (unpaired) electrons. The van der Waals surface area contributed by atoms with Crippen LogP contribution in [0.3, 0.4) is 0 Å². The fourth-order valence-corrected chi connectivity index (χ4v) is 3.26. The molecule has 1 aromatic carbocycles. The molecule has 27 heavy (non-hydrogen) atoms. The number of nitriles is 1. The zero-order valence-corrected chi connectivity index (χ0v) is 16.4. The van der Waals surface area contributed by atoms with E-state index >= 15 is 0 Å². The van der Waals surface area contributed by atoms with Crippen molar-refractivity contribution >= 4 is 43.0 Å².